The molecule has 0 saturated heterocycles. The number of anilines is 1. The van der Waals surface area contributed by atoms with Crippen molar-refractivity contribution in [3.63, 3.8) is 0 Å². The van der Waals surface area contributed by atoms with Gasteiger partial charge in [-0.3, -0.25) is 10.1 Å². The van der Waals surface area contributed by atoms with Gasteiger partial charge in [0.05, 0.1) is 18.9 Å². The van der Waals surface area contributed by atoms with Crippen molar-refractivity contribution in [1.29, 1.82) is 0 Å². The van der Waals surface area contributed by atoms with Gasteiger partial charge in [0, 0.05) is 10.4 Å². The van der Waals surface area contributed by atoms with Crippen LogP contribution >= 0.6 is 11.3 Å². The van der Waals surface area contributed by atoms with Crippen LogP contribution in [0.1, 0.15) is 47.6 Å². The first-order valence-corrected chi connectivity index (χ1v) is 9.22. The first-order valence-electron chi connectivity index (χ1n) is 8.40. The molecular formula is C18H22N2O3S. The van der Waals surface area contributed by atoms with E-state index >= 15 is 0 Å². The Hall–Kier alpha value is -2.08. The van der Waals surface area contributed by atoms with E-state index in [9.17, 15) is 4.79 Å². The van der Waals surface area contributed by atoms with Gasteiger partial charge in [-0.05, 0) is 57.7 Å². The lowest BCUT2D eigenvalue weighted by molar-refractivity contribution is 0.102. The monoisotopic (exact) mass is 346 g/mol. The van der Waals surface area contributed by atoms with E-state index in [1.54, 1.807) is 29.5 Å². The largest absolute Gasteiger partial charge is 0.490 e. The molecule has 1 N–H and O–H groups in total. The number of hydrogen-bond acceptors (Lipinski definition) is 5. The second kappa shape index (κ2) is 7.66. The van der Waals surface area contributed by atoms with Crippen LogP contribution < -0.4 is 14.8 Å². The number of hydrogen-bond donors (Lipinski definition) is 1. The lowest BCUT2D eigenvalue weighted by Crippen LogP contribution is -2.12. The molecule has 1 aliphatic carbocycles. The minimum Gasteiger partial charge on any atom is -0.490 e. The Morgan fingerprint density at radius 3 is 2.67 bits per heavy atom. The molecule has 0 atom stereocenters. The number of carbonyl (C=O) groups excluding carboxylic acids is 1. The van der Waals surface area contributed by atoms with Gasteiger partial charge in [-0.2, -0.15) is 0 Å². The third kappa shape index (κ3) is 3.70. The van der Waals surface area contributed by atoms with Crippen molar-refractivity contribution in [2.24, 2.45) is 0 Å². The van der Waals surface area contributed by atoms with Crippen LogP contribution in [-0.4, -0.2) is 24.1 Å². The fourth-order valence-corrected chi connectivity index (χ4v) is 3.81. The summed E-state index contributed by atoms with van der Waals surface area (Å²) in [6.07, 6.45) is 4.47. The first-order chi connectivity index (χ1) is 11.7. The van der Waals surface area contributed by atoms with E-state index in [0.717, 1.165) is 18.5 Å². The number of benzene rings is 1. The zero-order chi connectivity index (χ0) is 16.9. The quantitative estimate of drug-likeness (QED) is 0.856. The van der Waals surface area contributed by atoms with Crippen LogP contribution in [0.5, 0.6) is 11.5 Å². The maximum Gasteiger partial charge on any atom is 0.257 e. The van der Waals surface area contributed by atoms with E-state index in [0.29, 0.717) is 35.4 Å². The van der Waals surface area contributed by atoms with Crippen molar-refractivity contribution in [2.45, 2.75) is 39.5 Å². The minimum atomic E-state index is -0.176. The predicted molar refractivity (Wildman–Crippen MR) is 95.5 cm³/mol. The summed E-state index contributed by atoms with van der Waals surface area (Å²) >= 11 is 1.59. The van der Waals surface area contributed by atoms with Gasteiger partial charge >= 0.3 is 0 Å². The van der Waals surface area contributed by atoms with Gasteiger partial charge in [0.25, 0.3) is 5.91 Å². The molecule has 1 heterocycles. The summed E-state index contributed by atoms with van der Waals surface area (Å²) in [7, 11) is 0. The van der Waals surface area contributed by atoms with Gasteiger partial charge in [0.2, 0.25) is 0 Å². The lowest BCUT2D eigenvalue weighted by atomic mass is 10.0. The third-order valence-electron chi connectivity index (χ3n) is 3.87. The molecule has 0 spiro atoms. The fraction of sp³-hybridized carbons (Fsp3) is 0.444. The Morgan fingerprint density at radius 2 is 1.92 bits per heavy atom. The first kappa shape index (κ1) is 16.8. The average Bonchev–Trinajstić information content (AvgIpc) is 2.99. The van der Waals surface area contributed by atoms with Crippen molar-refractivity contribution >= 4 is 22.4 Å². The van der Waals surface area contributed by atoms with E-state index in [1.165, 1.54) is 17.7 Å². The SMILES string of the molecule is CCOc1ccc(C(=O)Nc2nc3c(s2)CCCC3)cc1OCC. The Balaban J connectivity index is 1.76. The maximum absolute atomic E-state index is 12.5. The molecule has 1 aliphatic rings. The Morgan fingerprint density at radius 1 is 1.17 bits per heavy atom. The molecule has 1 aromatic heterocycles. The van der Waals surface area contributed by atoms with Crippen molar-refractivity contribution in [2.75, 3.05) is 18.5 Å². The van der Waals surface area contributed by atoms with E-state index in [-0.39, 0.29) is 5.91 Å². The van der Waals surface area contributed by atoms with Crippen LogP contribution in [-0.2, 0) is 12.8 Å². The number of thiazole rings is 1. The number of aromatic nitrogens is 1. The van der Waals surface area contributed by atoms with Crippen molar-refractivity contribution in [3.05, 3.63) is 34.3 Å². The van der Waals surface area contributed by atoms with Crippen LogP contribution in [0.4, 0.5) is 5.13 Å². The highest BCUT2D eigenvalue weighted by molar-refractivity contribution is 7.15. The van der Waals surface area contributed by atoms with E-state index in [4.69, 9.17) is 9.47 Å². The normalized spacial score (nSPS) is 13.2. The standard InChI is InChI=1S/C18H22N2O3S/c1-3-22-14-10-9-12(11-15(14)23-4-2)17(21)20-18-19-13-7-5-6-8-16(13)24-18/h9-11H,3-8H2,1-2H3,(H,19,20,21). The maximum atomic E-state index is 12.5. The van der Waals surface area contributed by atoms with Crippen LogP contribution in [0.15, 0.2) is 18.2 Å². The highest BCUT2D eigenvalue weighted by Gasteiger charge is 2.17. The summed E-state index contributed by atoms with van der Waals surface area (Å²) in [4.78, 5) is 18.4. The van der Waals surface area contributed by atoms with Crippen LogP contribution in [0, 0.1) is 0 Å². The number of carbonyl (C=O) groups is 1. The molecule has 0 unspecified atom stereocenters. The van der Waals surface area contributed by atoms with Gasteiger partial charge in [-0.15, -0.1) is 11.3 Å². The smallest absolute Gasteiger partial charge is 0.257 e. The van der Waals surface area contributed by atoms with E-state index in [2.05, 4.69) is 10.3 Å². The van der Waals surface area contributed by atoms with Crippen LogP contribution in [0.2, 0.25) is 0 Å². The summed E-state index contributed by atoms with van der Waals surface area (Å²) in [5, 5.41) is 3.59. The van der Waals surface area contributed by atoms with Gasteiger partial charge in [-0.25, -0.2) is 4.98 Å². The molecule has 128 valence electrons. The molecule has 6 heteroatoms. The second-order valence-electron chi connectivity index (χ2n) is 5.58. The number of nitrogens with zero attached hydrogens (tertiary/aromatic N) is 1. The molecule has 3 rings (SSSR count). The molecule has 0 aliphatic heterocycles. The molecular weight excluding hydrogens is 324 g/mol. The van der Waals surface area contributed by atoms with Crippen molar-refractivity contribution in [1.82, 2.24) is 4.98 Å². The third-order valence-corrected chi connectivity index (χ3v) is 4.94. The molecule has 0 fully saturated rings. The molecule has 24 heavy (non-hydrogen) atoms. The van der Waals surface area contributed by atoms with Crippen molar-refractivity contribution in [3.8, 4) is 11.5 Å². The van der Waals surface area contributed by atoms with Gasteiger partial charge < -0.3 is 9.47 Å². The van der Waals surface area contributed by atoms with E-state index < -0.39 is 0 Å². The highest BCUT2D eigenvalue weighted by Crippen LogP contribution is 2.31. The summed E-state index contributed by atoms with van der Waals surface area (Å²) < 4.78 is 11.1. The van der Waals surface area contributed by atoms with Gasteiger partial charge in [0.15, 0.2) is 16.6 Å². The molecule has 0 saturated carbocycles. The summed E-state index contributed by atoms with van der Waals surface area (Å²) in [6.45, 7) is 4.89. The number of rotatable bonds is 6. The number of aryl methyl sites for hydroxylation is 2. The number of fused-ring (bicyclic) bond motifs is 1. The molecule has 1 aromatic carbocycles. The Kier molecular flexibility index (Phi) is 5.35. The summed E-state index contributed by atoms with van der Waals surface area (Å²) in [5.41, 5.74) is 1.68. The number of amides is 1. The topological polar surface area (TPSA) is 60.5 Å². The average molecular weight is 346 g/mol. The molecule has 5 nitrogen and oxygen atoms in total. The lowest BCUT2D eigenvalue weighted by Gasteiger charge is -2.12. The summed E-state index contributed by atoms with van der Waals surface area (Å²) in [5.74, 6) is 1.07. The van der Waals surface area contributed by atoms with Crippen LogP contribution in [0.3, 0.4) is 0 Å². The summed E-state index contributed by atoms with van der Waals surface area (Å²) in [6, 6.07) is 5.24. The highest BCUT2D eigenvalue weighted by atomic mass is 32.1. The molecule has 2 aromatic rings. The zero-order valence-electron chi connectivity index (χ0n) is 14.1. The molecule has 1 amide bonds. The second-order valence-corrected chi connectivity index (χ2v) is 6.66. The molecule has 0 bridgehead atoms. The zero-order valence-corrected chi connectivity index (χ0v) is 14.9. The van der Waals surface area contributed by atoms with Gasteiger partial charge in [0.1, 0.15) is 0 Å². The Bertz CT molecular complexity index is 704. The Labute approximate surface area is 146 Å². The number of ether oxygens (including phenoxy) is 2. The van der Waals surface area contributed by atoms with Gasteiger partial charge in [-0.1, -0.05) is 0 Å². The fourth-order valence-electron chi connectivity index (χ4n) is 2.77. The van der Waals surface area contributed by atoms with Crippen molar-refractivity contribution < 1.29 is 14.3 Å². The van der Waals surface area contributed by atoms with E-state index in [1.807, 2.05) is 13.8 Å². The molecule has 0 radical (unpaired) electrons. The predicted octanol–water partition coefficient (Wildman–Crippen LogP) is 4.07. The number of nitrogens with one attached hydrogen (secondary N) is 1. The minimum absolute atomic E-state index is 0.176. The van der Waals surface area contributed by atoms with Crippen LogP contribution in [0.25, 0.3) is 0 Å².